The zero-order valence-electron chi connectivity index (χ0n) is 15.9. The van der Waals surface area contributed by atoms with Gasteiger partial charge in [-0.2, -0.15) is 4.31 Å². The molecular formula is C19H25N3O4S. The summed E-state index contributed by atoms with van der Waals surface area (Å²) in [5.74, 6) is 1.46. The van der Waals surface area contributed by atoms with Gasteiger partial charge in [-0.3, -0.25) is 0 Å². The van der Waals surface area contributed by atoms with Crippen molar-refractivity contribution < 1.29 is 17.9 Å². The third kappa shape index (κ3) is 4.28. The van der Waals surface area contributed by atoms with Crippen LogP contribution >= 0.6 is 0 Å². The van der Waals surface area contributed by atoms with Crippen molar-refractivity contribution in [2.45, 2.75) is 37.2 Å². The smallest absolute Gasteiger partial charge is 0.243 e. The van der Waals surface area contributed by atoms with Crippen LogP contribution in [-0.4, -0.2) is 50.0 Å². The van der Waals surface area contributed by atoms with Gasteiger partial charge in [0, 0.05) is 43.9 Å². The lowest BCUT2D eigenvalue weighted by atomic mass is 9.92. The number of hydrogen-bond donors (Lipinski definition) is 0. The molecule has 1 aromatic heterocycles. The first-order valence-electron chi connectivity index (χ1n) is 8.91. The fraction of sp³-hybridized carbons (Fsp3) is 0.474. The van der Waals surface area contributed by atoms with E-state index in [9.17, 15) is 8.42 Å². The molecule has 0 amide bonds. The van der Waals surface area contributed by atoms with Crippen LogP contribution < -0.4 is 4.74 Å². The standard InChI is InChI=1S/C19H25N3O4S/c1-14-20-12-16(13-25-2)19(21-14)15-7-9-22(10-8-15)27(23,24)18-6-4-5-17(11-18)26-3/h4-6,11-12,15H,7-10,13H2,1-3H3. The summed E-state index contributed by atoms with van der Waals surface area (Å²) in [5.41, 5.74) is 1.94. The summed E-state index contributed by atoms with van der Waals surface area (Å²) in [6.45, 7) is 3.24. The van der Waals surface area contributed by atoms with Gasteiger partial charge in [-0.05, 0) is 31.9 Å². The van der Waals surface area contributed by atoms with Crippen LogP contribution in [0.25, 0.3) is 0 Å². The molecule has 3 rings (SSSR count). The lowest BCUT2D eigenvalue weighted by Crippen LogP contribution is -2.38. The van der Waals surface area contributed by atoms with Crippen molar-refractivity contribution in [3.8, 4) is 5.75 Å². The third-order valence-electron chi connectivity index (χ3n) is 4.84. The second kappa shape index (κ2) is 8.33. The van der Waals surface area contributed by atoms with Crippen LogP contribution in [0, 0.1) is 6.92 Å². The molecule has 0 spiro atoms. The lowest BCUT2D eigenvalue weighted by Gasteiger charge is -2.31. The van der Waals surface area contributed by atoms with E-state index in [4.69, 9.17) is 9.47 Å². The molecule has 1 aliphatic heterocycles. The summed E-state index contributed by atoms with van der Waals surface area (Å²) in [6, 6.07) is 6.60. The molecule has 0 radical (unpaired) electrons. The van der Waals surface area contributed by atoms with Crippen molar-refractivity contribution in [2.75, 3.05) is 27.3 Å². The molecule has 0 aliphatic carbocycles. The van der Waals surface area contributed by atoms with Crippen molar-refractivity contribution >= 4 is 10.0 Å². The number of aryl methyl sites for hydroxylation is 1. The number of methoxy groups -OCH3 is 2. The van der Waals surface area contributed by atoms with E-state index in [1.54, 1.807) is 41.9 Å². The monoisotopic (exact) mass is 391 g/mol. The quantitative estimate of drug-likeness (QED) is 0.753. The average Bonchev–Trinajstić information content (AvgIpc) is 2.69. The van der Waals surface area contributed by atoms with Crippen LogP contribution in [0.1, 0.15) is 35.8 Å². The first kappa shape index (κ1) is 19.7. The molecule has 1 saturated heterocycles. The zero-order chi connectivity index (χ0) is 19.4. The molecular weight excluding hydrogens is 366 g/mol. The predicted octanol–water partition coefficient (Wildman–Crippen LogP) is 2.51. The van der Waals surface area contributed by atoms with Crippen LogP contribution in [-0.2, 0) is 21.4 Å². The number of nitrogens with zero attached hydrogens (tertiary/aromatic N) is 3. The zero-order valence-corrected chi connectivity index (χ0v) is 16.7. The molecule has 27 heavy (non-hydrogen) atoms. The maximum Gasteiger partial charge on any atom is 0.243 e. The molecule has 2 aromatic rings. The number of benzene rings is 1. The SMILES string of the molecule is COCc1cnc(C)nc1C1CCN(S(=O)(=O)c2cccc(OC)c2)CC1. The van der Waals surface area contributed by atoms with E-state index in [2.05, 4.69) is 9.97 Å². The maximum absolute atomic E-state index is 12.9. The summed E-state index contributed by atoms with van der Waals surface area (Å²) in [5, 5.41) is 0. The van der Waals surface area contributed by atoms with Crippen molar-refractivity contribution in [3.63, 3.8) is 0 Å². The highest BCUT2D eigenvalue weighted by molar-refractivity contribution is 7.89. The van der Waals surface area contributed by atoms with E-state index in [-0.39, 0.29) is 10.8 Å². The Morgan fingerprint density at radius 3 is 2.63 bits per heavy atom. The van der Waals surface area contributed by atoms with E-state index in [1.165, 1.54) is 7.11 Å². The second-order valence-corrected chi connectivity index (χ2v) is 8.56. The topological polar surface area (TPSA) is 81.6 Å². The summed E-state index contributed by atoms with van der Waals surface area (Å²) in [7, 11) is -0.361. The van der Waals surface area contributed by atoms with Gasteiger partial charge in [-0.25, -0.2) is 18.4 Å². The van der Waals surface area contributed by atoms with Gasteiger partial charge in [0.1, 0.15) is 11.6 Å². The number of sulfonamides is 1. The Hall–Kier alpha value is -2.03. The Morgan fingerprint density at radius 1 is 1.22 bits per heavy atom. The second-order valence-electron chi connectivity index (χ2n) is 6.62. The molecule has 146 valence electrons. The van der Waals surface area contributed by atoms with Crippen LogP contribution in [0.5, 0.6) is 5.75 Å². The fourth-order valence-corrected chi connectivity index (χ4v) is 4.92. The highest BCUT2D eigenvalue weighted by Crippen LogP contribution is 2.32. The fourth-order valence-electron chi connectivity index (χ4n) is 3.41. The van der Waals surface area contributed by atoms with Crippen LogP contribution in [0.4, 0.5) is 0 Å². The third-order valence-corrected chi connectivity index (χ3v) is 6.73. The van der Waals surface area contributed by atoms with Crippen molar-refractivity contribution in [3.05, 3.63) is 47.5 Å². The molecule has 8 heteroatoms. The largest absolute Gasteiger partial charge is 0.497 e. The predicted molar refractivity (Wildman–Crippen MR) is 101 cm³/mol. The Kier molecular flexibility index (Phi) is 6.08. The van der Waals surface area contributed by atoms with E-state index < -0.39 is 10.0 Å². The minimum atomic E-state index is -3.53. The summed E-state index contributed by atoms with van der Waals surface area (Å²) < 4.78 is 37.8. The van der Waals surface area contributed by atoms with Gasteiger partial charge in [0.2, 0.25) is 10.0 Å². The number of piperidine rings is 1. The molecule has 0 atom stereocenters. The Bertz CT molecular complexity index is 894. The molecule has 1 aliphatic rings. The molecule has 0 saturated carbocycles. The molecule has 1 fully saturated rings. The summed E-state index contributed by atoms with van der Waals surface area (Å²) >= 11 is 0. The van der Waals surface area contributed by atoms with E-state index in [0.29, 0.717) is 25.4 Å². The Balaban J connectivity index is 1.76. The summed E-state index contributed by atoms with van der Waals surface area (Å²) in [6.07, 6.45) is 3.24. The lowest BCUT2D eigenvalue weighted by molar-refractivity contribution is 0.182. The molecule has 1 aromatic carbocycles. The van der Waals surface area contributed by atoms with Crippen LogP contribution in [0.15, 0.2) is 35.4 Å². The molecule has 2 heterocycles. The average molecular weight is 391 g/mol. The molecule has 0 N–H and O–H groups in total. The minimum Gasteiger partial charge on any atom is -0.497 e. The molecule has 0 bridgehead atoms. The minimum absolute atomic E-state index is 0.202. The Labute approximate surface area is 160 Å². The normalized spacial score (nSPS) is 16.4. The van der Waals surface area contributed by atoms with Gasteiger partial charge < -0.3 is 9.47 Å². The van der Waals surface area contributed by atoms with Crippen LogP contribution in [0.3, 0.4) is 0 Å². The van der Waals surface area contributed by atoms with Gasteiger partial charge in [-0.15, -0.1) is 0 Å². The van der Waals surface area contributed by atoms with Gasteiger partial charge in [0.25, 0.3) is 0 Å². The molecule has 0 unspecified atom stereocenters. The number of ether oxygens (including phenoxy) is 2. The van der Waals surface area contributed by atoms with Gasteiger partial charge in [0.05, 0.1) is 24.3 Å². The van der Waals surface area contributed by atoms with Crippen molar-refractivity contribution in [1.29, 1.82) is 0 Å². The van der Waals surface area contributed by atoms with Gasteiger partial charge in [0.15, 0.2) is 0 Å². The van der Waals surface area contributed by atoms with Gasteiger partial charge >= 0.3 is 0 Å². The molecule has 7 nitrogen and oxygen atoms in total. The first-order valence-corrected chi connectivity index (χ1v) is 10.3. The van der Waals surface area contributed by atoms with Gasteiger partial charge in [-0.1, -0.05) is 6.07 Å². The van der Waals surface area contributed by atoms with E-state index in [1.807, 2.05) is 6.92 Å². The van der Waals surface area contributed by atoms with E-state index >= 15 is 0 Å². The Morgan fingerprint density at radius 2 is 1.96 bits per heavy atom. The number of rotatable bonds is 6. The first-order chi connectivity index (χ1) is 13.0. The highest BCUT2D eigenvalue weighted by Gasteiger charge is 2.31. The van der Waals surface area contributed by atoms with Crippen molar-refractivity contribution in [2.24, 2.45) is 0 Å². The van der Waals surface area contributed by atoms with Crippen LogP contribution in [0.2, 0.25) is 0 Å². The van der Waals surface area contributed by atoms with E-state index in [0.717, 1.165) is 29.9 Å². The van der Waals surface area contributed by atoms with Crippen molar-refractivity contribution in [1.82, 2.24) is 14.3 Å². The number of aromatic nitrogens is 2. The maximum atomic E-state index is 12.9. The number of hydrogen-bond acceptors (Lipinski definition) is 6. The summed E-state index contributed by atoms with van der Waals surface area (Å²) in [4.78, 5) is 9.12. The highest BCUT2D eigenvalue weighted by atomic mass is 32.2.